The lowest BCUT2D eigenvalue weighted by atomic mass is 10.2. The molecule has 2 rings (SSSR count). The smallest absolute Gasteiger partial charge is 0.410 e. The molecule has 7 heteroatoms. The molecule has 1 amide bonds. The second-order valence-corrected chi connectivity index (χ2v) is 6.89. The summed E-state index contributed by atoms with van der Waals surface area (Å²) in [5.41, 5.74) is -0.463. The molecule has 1 N–H and O–H groups in total. The monoisotopic (exact) mass is 356 g/mol. The second-order valence-electron chi connectivity index (χ2n) is 6.08. The molecule has 1 aromatic heterocycles. The standard InChI is InChI=1S/C14H21BrN4O2/c1-14(2,3)21-13(20)19-6-4-5-10(19)7-17-12-9-16-11(15)8-18-12/h8-10H,4-7H2,1-3H3,(H,17,18). The fraction of sp³-hybridized carbons (Fsp3) is 0.643. The van der Waals surface area contributed by atoms with Crippen LogP contribution in [0.2, 0.25) is 0 Å². The van der Waals surface area contributed by atoms with Crippen LogP contribution < -0.4 is 5.32 Å². The van der Waals surface area contributed by atoms with E-state index >= 15 is 0 Å². The number of nitrogens with one attached hydrogen (secondary N) is 1. The fourth-order valence-electron chi connectivity index (χ4n) is 2.23. The number of aromatic nitrogens is 2. The second kappa shape index (κ2) is 6.60. The van der Waals surface area contributed by atoms with E-state index in [1.54, 1.807) is 17.3 Å². The van der Waals surface area contributed by atoms with Gasteiger partial charge in [-0.25, -0.2) is 14.8 Å². The molecule has 0 bridgehead atoms. The van der Waals surface area contributed by atoms with Crippen LogP contribution in [-0.4, -0.2) is 45.7 Å². The van der Waals surface area contributed by atoms with Gasteiger partial charge in [0.25, 0.3) is 0 Å². The third-order valence-corrected chi connectivity index (χ3v) is 3.55. The van der Waals surface area contributed by atoms with Gasteiger partial charge in [0.1, 0.15) is 16.0 Å². The van der Waals surface area contributed by atoms with Crippen molar-refractivity contribution in [3.05, 3.63) is 17.0 Å². The summed E-state index contributed by atoms with van der Waals surface area (Å²) < 4.78 is 6.14. The number of amides is 1. The fourth-order valence-corrected chi connectivity index (χ4v) is 2.44. The molecular formula is C14H21BrN4O2. The van der Waals surface area contributed by atoms with Crippen molar-refractivity contribution in [1.29, 1.82) is 0 Å². The van der Waals surface area contributed by atoms with Gasteiger partial charge in [-0.2, -0.15) is 0 Å². The van der Waals surface area contributed by atoms with Crippen molar-refractivity contribution < 1.29 is 9.53 Å². The Labute approximate surface area is 133 Å². The maximum atomic E-state index is 12.2. The lowest BCUT2D eigenvalue weighted by molar-refractivity contribution is 0.0235. The molecule has 0 spiro atoms. The minimum atomic E-state index is -0.463. The summed E-state index contributed by atoms with van der Waals surface area (Å²) in [4.78, 5) is 22.3. The van der Waals surface area contributed by atoms with Crippen LogP contribution >= 0.6 is 15.9 Å². The van der Waals surface area contributed by atoms with Crippen molar-refractivity contribution in [2.75, 3.05) is 18.4 Å². The minimum absolute atomic E-state index is 0.130. The highest BCUT2D eigenvalue weighted by molar-refractivity contribution is 9.10. The van der Waals surface area contributed by atoms with Crippen molar-refractivity contribution in [1.82, 2.24) is 14.9 Å². The van der Waals surface area contributed by atoms with E-state index in [0.717, 1.165) is 19.4 Å². The predicted octanol–water partition coefficient (Wildman–Crippen LogP) is 3.05. The molecule has 21 heavy (non-hydrogen) atoms. The maximum absolute atomic E-state index is 12.2. The van der Waals surface area contributed by atoms with Crippen LogP contribution in [-0.2, 0) is 4.74 Å². The molecule has 0 aromatic carbocycles. The van der Waals surface area contributed by atoms with E-state index in [0.29, 0.717) is 17.0 Å². The van der Waals surface area contributed by atoms with Gasteiger partial charge in [0, 0.05) is 13.1 Å². The molecule has 1 saturated heterocycles. The van der Waals surface area contributed by atoms with Gasteiger partial charge in [-0.15, -0.1) is 0 Å². The summed E-state index contributed by atoms with van der Waals surface area (Å²) in [7, 11) is 0. The Morgan fingerprint density at radius 2 is 2.24 bits per heavy atom. The minimum Gasteiger partial charge on any atom is -0.444 e. The van der Waals surface area contributed by atoms with Crippen LogP contribution in [0.15, 0.2) is 17.0 Å². The summed E-state index contributed by atoms with van der Waals surface area (Å²) >= 11 is 3.25. The molecule has 0 radical (unpaired) electrons. The van der Waals surface area contributed by atoms with E-state index in [9.17, 15) is 4.79 Å². The van der Waals surface area contributed by atoms with E-state index < -0.39 is 5.60 Å². The zero-order chi connectivity index (χ0) is 15.5. The third-order valence-electron chi connectivity index (χ3n) is 3.14. The largest absolute Gasteiger partial charge is 0.444 e. The van der Waals surface area contributed by atoms with E-state index in [1.807, 2.05) is 20.8 Å². The number of likely N-dealkylation sites (tertiary alicyclic amines) is 1. The van der Waals surface area contributed by atoms with Crippen LogP contribution in [0.1, 0.15) is 33.6 Å². The van der Waals surface area contributed by atoms with Gasteiger partial charge in [0.05, 0.1) is 18.4 Å². The lowest BCUT2D eigenvalue weighted by Gasteiger charge is -2.28. The number of hydrogen-bond donors (Lipinski definition) is 1. The first-order chi connectivity index (χ1) is 9.85. The molecule has 0 saturated carbocycles. The van der Waals surface area contributed by atoms with Crippen molar-refractivity contribution >= 4 is 27.8 Å². The number of ether oxygens (including phenoxy) is 1. The number of anilines is 1. The van der Waals surface area contributed by atoms with Gasteiger partial charge in [-0.05, 0) is 49.5 Å². The van der Waals surface area contributed by atoms with E-state index in [2.05, 4.69) is 31.2 Å². The number of rotatable bonds is 3. The highest BCUT2D eigenvalue weighted by atomic mass is 79.9. The van der Waals surface area contributed by atoms with E-state index in [-0.39, 0.29) is 12.1 Å². The summed E-state index contributed by atoms with van der Waals surface area (Å²) in [5, 5.41) is 3.22. The summed E-state index contributed by atoms with van der Waals surface area (Å²) in [6, 6.07) is 0.130. The Bertz CT molecular complexity index is 487. The van der Waals surface area contributed by atoms with E-state index in [1.165, 1.54) is 0 Å². The first-order valence-electron chi connectivity index (χ1n) is 7.06. The predicted molar refractivity (Wildman–Crippen MR) is 84.2 cm³/mol. The summed E-state index contributed by atoms with van der Waals surface area (Å²) in [6.45, 7) is 7.03. The lowest BCUT2D eigenvalue weighted by Crippen LogP contribution is -2.42. The molecule has 1 unspecified atom stereocenters. The molecular weight excluding hydrogens is 336 g/mol. The zero-order valence-corrected chi connectivity index (χ0v) is 14.2. The van der Waals surface area contributed by atoms with Crippen molar-refractivity contribution in [3.63, 3.8) is 0 Å². The average molecular weight is 357 g/mol. The van der Waals surface area contributed by atoms with Crippen LogP contribution in [0.3, 0.4) is 0 Å². The van der Waals surface area contributed by atoms with Crippen LogP contribution in [0.4, 0.5) is 10.6 Å². The number of halogens is 1. The SMILES string of the molecule is CC(C)(C)OC(=O)N1CCCC1CNc1cnc(Br)cn1. The summed E-state index contributed by atoms with van der Waals surface area (Å²) in [6.07, 6.45) is 5.03. The number of carbonyl (C=O) groups is 1. The zero-order valence-electron chi connectivity index (χ0n) is 12.6. The van der Waals surface area contributed by atoms with Gasteiger partial charge in [0.2, 0.25) is 0 Å². The average Bonchev–Trinajstić information content (AvgIpc) is 2.84. The molecule has 0 aliphatic carbocycles. The molecule has 1 aromatic rings. The van der Waals surface area contributed by atoms with Gasteiger partial charge in [-0.3, -0.25) is 0 Å². The van der Waals surface area contributed by atoms with Gasteiger partial charge in [-0.1, -0.05) is 0 Å². The third kappa shape index (κ3) is 4.84. The first kappa shape index (κ1) is 16.0. The molecule has 116 valence electrons. The van der Waals surface area contributed by atoms with Crippen molar-refractivity contribution in [2.45, 2.75) is 45.3 Å². The Hall–Kier alpha value is -1.37. The molecule has 2 heterocycles. The number of hydrogen-bond acceptors (Lipinski definition) is 5. The number of carbonyl (C=O) groups excluding carboxylic acids is 1. The molecule has 1 atom stereocenters. The van der Waals surface area contributed by atoms with E-state index in [4.69, 9.17) is 4.74 Å². The van der Waals surface area contributed by atoms with Crippen LogP contribution in [0.25, 0.3) is 0 Å². The Morgan fingerprint density at radius 3 is 2.86 bits per heavy atom. The van der Waals surface area contributed by atoms with Crippen LogP contribution in [0, 0.1) is 0 Å². The first-order valence-corrected chi connectivity index (χ1v) is 7.85. The molecule has 1 fully saturated rings. The maximum Gasteiger partial charge on any atom is 0.410 e. The molecule has 1 aliphatic heterocycles. The normalized spacial score (nSPS) is 18.7. The quantitative estimate of drug-likeness (QED) is 0.901. The highest BCUT2D eigenvalue weighted by Crippen LogP contribution is 2.21. The van der Waals surface area contributed by atoms with Crippen molar-refractivity contribution in [2.24, 2.45) is 0 Å². The van der Waals surface area contributed by atoms with Gasteiger partial charge >= 0.3 is 6.09 Å². The Kier molecular flexibility index (Phi) is 5.03. The topological polar surface area (TPSA) is 67.3 Å². The van der Waals surface area contributed by atoms with Crippen molar-refractivity contribution in [3.8, 4) is 0 Å². The molecule has 1 aliphatic rings. The highest BCUT2D eigenvalue weighted by Gasteiger charge is 2.31. The Balaban J connectivity index is 1.90. The molecule has 6 nitrogen and oxygen atoms in total. The van der Waals surface area contributed by atoms with Gasteiger partial charge in [0.15, 0.2) is 0 Å². The summed E-state index contributed by atoms with van der Waals surface area (Å²) in [5.74, 6) is 0.703. The van der Waals surface area contributed by atoms with Gasteiger partial charge < -0.3 is 15.0 Å². The van der Waals surface area contributed by atoms with Crippen LogP contribution in [0.5, 0.6) is 0 Å². The Morgan fingerprint density at radius 1 is 1.48 bits per heavy atom. The number of nitrogens with zero attached hydrogens (tertiary/aromatic N) is 3.